The maximum atomic E-state index is 9.14. The summed E-state index contributed by atoms with van der Waals surface area (Å²) in [5, 5.41) is 9.14. The van der Waals surface area contributed by atoms with Crippen LogP contribution in [0.1, 0.15) is 19.8 Å². The number of aliphatic hydroxyl groups excluding tert-OH is 1. The van der Waals surface area contributed by atoms with Gasteiger partial charge >= 0.3 is 0 Å². The summed E-state index contributed by atoms with van der Waals surface area (Å²) < 4.78 is 5.27. The molecule has 0 aromatic carbocycles. The molecule has 3 atom stereocenters. The Kier molecular flexibility index (Phi) is 2.87. The van der Waals surface area contributed by atoms with Gasteiger partial charge in [-0.15, -0.1) is 0 Å². The van der Waals surface area contributed by atoms with E-state index in [9.17, 15) is 0 Å². The van der Waals surface area contributed by atoms with Gasteiger partial charge in [0.05, 0.1) is 6.10 Å². The number of hydrogen-bond acceptors (Lipinski definition) is 3. The first-order valence-corrected chi connectivity index (χ1v) is 4.11. The molecule has 0 saturated carbocycles. The highest BCUT2D eigenvalue weighted by atomic mass is 16.6. The van der Waals surface area contributed by atoms with E-state index in [2.05, 4.69) is 4.90 Å². The van der Waals surface area contributed by atoms with Crippen molar-refractivity contribution in [3.63, 3.8) is 0 Å². The summed E-state index contributed by atoms with van der Waals surface area (Å²) in [6.45, 7) is 2.01. The summed E-state index contributed by atoms with van der Waals surface area (Å²) in [4.78, 5) is 2.15. The highest BCUT2D eigenvalue weighted by Crippen LogP contribution is 2.20. The highest BCUT2D eigenvalue weighted by molar-refractivity contribution is 4.77. The molecule has 1 saturated heterocycles. The predicted molar refractivity (Wildman–Crippen MR) is 43.3 cm³/mol. The van der Waals surface area contributed by atoms with Crippen molar-refractivity contribution < 1.29 is 9.84 Å². The van der Waals surface area contributed by atoms with Crippen LogP contribution in [0.3, 0.4) is 0 Å². The molecule has 1 aliphatic rings. The molecule has 0 bridgehead atoms. The fraction of sp³-hybridized carbons (Fsp3) is 1.00. The van der Waals surface area contributed by atoms with Crippen molar-refractivity contribution in [2.45, 2.75) is 38.2 Å². The Balaban J connectivity index is 2.44. The van der Waals surface area contributed by atoms with Crippen LogP contribution in [0.15, 0.2) is 0 Å². The van der Waals surface area contributed by atoms with Crippen LogP contribution in [0.5, 0.6) is 0 Å². The lowest BCUT2D eigenvalue weighted by Crippen LogP contribution is -2.44. The largest absolute Gasteiger partial charge is 0.368 e. The van der Waals surface area contributed by atoms with E-state index in [1.165, 1.54) is 0 Å². The van der Waals surface area contributed by atoms with Gasteiger partial charge in [0, 0.05) is 6.04 Å². The molecule has 1 N–H and O–H groups in total. The fourth-order valence-corrected chi connectivity index (χ4v) is 1.63. The summed E-state index contributed by atoms with van der Waals surface area (Å²) in [5.74, 6) is 0. The van der Waals surface area contributed by atoms with Crippen LogP contribution in [0.2, 0.25) is 0 Å². The average molecular weight is 159 g/mol. The summed E-state index contributed by atoms with van der Waals surface area (Å²) in [5.41, 5.74) is 0. The Morgan fingerprint density at radius 3 is 2.45 bits per heavy atom. The molecule has 3 heteroatoms. The molecule has 0 aromatic rings. The second-order valence-corrected chi connectivity index (χ2v) is 3.40. The van der Waals surface area contributed by atoms with E-state index in [1.807, 2.05) is 21.0 Å². The first-order valence-electron chi connectivity index (χ1n) is 4.11. The summed E-state index contributed by atoms with van der Waals surface area (Å²) in [6, 6.07) is 0.457. The number of nitrogens with zero attached hydrogens (tertiary/aromatic N) is 1. The molecule has 3 nitrogen and oxygen atoms in total. The van der Waals surface area contributed by atoms with Gasteiger partial charge in [0.25, 0.3) is 0 Å². The Morgan fingerprint density at radius 1 is 1.36 bits per heavy atom. The first kappa shape index (κ1) is 8.97. The molecule has 1 fully saturated rings. The molecule has 0 unspecified atom stereocenters. The maximum Gasteiger partial charge on any atom is 0.155 e. The van der Waals surface area contributed by atoms with E-state index in [-0.39, 0.29) is 6.10 Å². The molecule has 0 spiro atoms. The SMILES string of the molecule is C[C@H]1O[C@@H](O)CC[C@H]1N(C)C. The third-order valence-corrected chi connectivity index (χ3v) is 2.29. The predicted octanol–water partition coefficient (Wildman–Crippen LogP) is 0.434. The Hall–Kier alpha value is -0.120. The molecule has 66 valence electrons. The maximum absolute atomic E-state index is 9.14. The van der Waals surface area contributed by atoms with E-state index < -0.39 is 6.29 Å². The van der Waals surface area contributed by atoms with E-state index in [0.29, 0.717) is 6.04 Å². The molecule has 0 aliphatic carbocycles. The number of aliphatic hydroxyl groups is 1. The van der Waals surface area contributed by atoms with Crippen molar-refractivity contribution >= 4 is 0 Å². The molecule has 0 amide bonds. The van der Waals surface area contributed by atoms with Crippen LogP contribution >= 0.6 is 0 Å². The Bertz CT molecular complexity index is 127. The molecule has 0 aromatic heterocycles. The zero-order valence-corrected chi connectivity index (χ0v) is 7.45. The van der Waals surface area contributed by atoms with E-state index in [1.54, 1.807) is 0 Å². The number of ether oxygens (including phenoxy) is 1. The fourth-order valence-electron chi connectivity index (χ4n) is 1.63. The van der Waals surface area contributed by atoms with Crippen molar-refractivity contribution in [1.82, 2.24) is 4.90 Å². The molecular formula is C8H17NO2. The number of hydrogen-bond donors (Lipinski definition) is 1. The smallest absolute Gasteiger partial charge is 0.155 e. The van der Waals surface area contributed by atoms with Gasteiger partial charge in [-0.1, -0.05) is 0 Å². The van der Waals surface area contributed by atoms with Gasteiger partial charge < -0.3 is 14.7 Å². The standard InChI is InChI=1S/C8H17NO2/c1-6-7(9(2)3)4-5-8(10)11-6/h6-8,10H,4-5H2,1-3H3/t6-,7-,8-/m1/s1. The monoisotopic (exact) mass is 159 g/mol. The zero-order chi connectivity index (χ0) is 8.43. The van der Waals surface area contributed by atoms with Crippen LogP contribution in [-0.2, 0) is 4.74 Å². The second-order valence-electron chi connectivity index (χ2n) is 3.40. The molecule has 1 aliphatic heterocycles. The van der Waals surface area contributed by atoms with Gasteiger partial charge in [0.2, 0.25) is 0 Å². The lowest BCUT2D eigenvalue weighted by molar-refractivity contribution is -0.177. The van der Waals surface area contributed by atoms with Crippen LogP contribution in [0.25, 0.3) is 0 Å². The third-order valence-electron chi connectivity index (χ3n) is 2.29. The minimum absolute atomic E-state index is 0.147. The van der Waals surface area contributed by atoms with Crippen LogP contribution < -0.4 is 0 Å². The molecule has 1 rings (SSSR count). The Labute approximate surface area is 68.0 Å². The number of likely N-dealkylation sites (N-methyl/N-ethyl adjacent to an activating group) is 1. The lowest BCUT2D eigenvalue weighted by atomic mass is 10.0. The van der Waals surface area contributed by atoms with Gasteiger partial charge in [0.1, 0.15) is 0 Å². The van der Waals surface area contributed by atoms with E-state index in [4.69, 9.17) is 9.84 Å². The lowest BCUT2D eigenvalue weighted by Gasteiger charge is -2.36. The van der Waals surface area contributed by atoms with Crippen molar-refractivity contribution in [1.29, 1.82) is 0 Å². The molecular weight excluding hydrogens is 142 g/mol. The van der Waals surface area contributed by atoms with Gasteiger partial charge in [-0.3, -0.25) is 0 Å². The van der Waals surface area contributed by atoms with Gasteiger partial charge in [0.15, 0.2) is 6.29 Å². The van der Waals surface area contributed by atoms with Gasteiger partial charge in [-0.05, 0) is 33.9 Å². The molecule has 0 radical (unpaired) electrons. The van der Waals surface area contributed by atoms with Crippen molar-refractivity contribution in [2.75, 3.05) is 14.1 Å². The van der Waals surface area contributed by atoms with E-state index >= 15 is 0 Å². The van der Waals surface area contributed by atoms with Gasteiger partial charge in [-0.25, -0.2) is 0 Å². The zero-order valence-electron chi connectivity index (χ0n) is 7.45. The van der Waals surface area contributed by atoms with E-state index in [0.717, 1.165) is 12.8 Å². The average Bonchev–Trinajstić information content (AvgIpc) is 1.85. The second kappa shape index (κ2) is 3.52. The summed E-state index contributed by atoms with van der Waals surface area (Å²) in [7, 11) is 4.09. The molecule has 1 heterocycles. The van der Waals surface area contributed by atoms with Crippen LogP contribution in [-0.4, -0.2) is 42.5 Å². The minimum Gasteiger partial charge on any atom is -0.368 e. The van der Waals surface area contributed by atoms with Crippen LogP contribution in [0.4, 0.5) is 0 Å². The summed E-state index contributed by atoms with van der Waals surface area (Å²) in [6.07, 6.45) is 1.39. The van der Waals surface area contributed by atoms with Crippen molar-refractivity contribution in [3.8, 4) is 0 Å². The Morgan fingerprint density at radius 2 is 2.00 bits per heavy atom. The number of rotatable bonds is 1. The van der Waals surface area contributed by atoms with Crippen molar-refractivity contribution in [3.05, 3.63) is 0 Å². The normalized spacial score (nSPS) is 39.5. The quantitative estimate of drug-likeness (QED) is 0.602. The minimum atomic E-state index is -0.541. The van der Waals surface area contributed by atoms with Crippen molar-refractivity contribution in [2.24, 2.45) is 0 Å². The highest BCUT2D eigenvalue weighted by Gasteiger charge is 2.27. The molecule has 11 heavy (non-hydrogen) atoms. The topological polar surface area (TPSA) is 32.7 Å². The van der Waals surface area contributed by atoms with Gasteiger partial charge in [-0.2, -0.15) is 0 Å². The third kappa shape index (κ3) is 2.15. The van der Waals surface area contributed by atoms with Crippen LogP contribution in [0, 0.1) is 0 Å². The first-order chi connectivity index (χ1) is 5.11. The summed E-state index contributed by atoms with van der Waals surface area (Å²) >= 11 is 0.